The number of nitrogens with one attached hydrogen (secondary N) is 2. The number of amides is 2. The van der Waals surface area contributed by atoms with Crippen molar-refractivity contribution < 1.29 is 19.1 Å². The number of benzene rings is 2. The van der Waals surface area contributed by atoms with Gasteiger partial charge in [-0.25, -0.2) is 4.79 Å². The minimum absolute atomic E-state index is 0.163. The largest absolute Gasteiger partial charge is 0.452 e. The van der Waals surface area contributed by atoms with Crippen LogP contribution in [0.5, 0.6) is 0 Å². The average molecular weight is 421 g/mol. The predicted molar refractivity (Wildman–Crippen MR) is 117 cm³/mol. The lowest BCUT2D eigenvalue weighted by atomic mass is 9.95. The molecule has 0 spiro atoms. The summed E-state index contributed by atoms with van der Waals surface area (Å²) in [6.07, 6.45) is 0.696. The Kier molecular flexibility index (Phi) is 8.77. The summed E-state index contributed by atoms with van der Waals surface area (Å²) in [5, 5.41) is 14.0. The van der Waals surface area contributed by atoms with Crippen LogP contribution in [0.25, 0.3) is 0 Å². The summed E-state index contributed by atoms with van der Waals surface area (Å²) in [6.45, 7) is 5.72. The van der Waals surface area contributed by atoms with Crippen molar-refractivity contribution in [2.75, 3.05) is 11.9 Å². The highest BCUT2D eigenvalue weighted by Crippen LogP contribution is 2.22. The summed E-state index contributed by atoms with van der Waals surface area (Å²) < 4.78 is 5.12. The number of anilines is 1. The molecule has 2 N–H and O–H groups in total. The van der Waals surface area contributed by atoms with Gasteiger partial charge in [-0.15, -0.1) is 0 Å². The number of esters is 1. The topological polar surface area (TPSA) is 108 Å². The molecule has 0 unspecified atom stereocenters. The lowest BCUT2D eigenvalue weighted by Crippen LogP contribution is -2.35. The summed E-state index contributed by atoms with van der Waals surface area (Å²) in [4.78, 5) is 36.0. The molecule has 0 saturated carbocycles. The van der Waals surface area contributed by atoms with E-state index in [9.17, 15) is 14.4 Å². The molecule has 2 aromatic carbocycles. The molecule has 0 aliphatic rings. The quantitative estimate of drug-likeness (QED) is 0.599. The number of hydrogen-bond acceptors (Lipinski definition) is 5. The molecule has 2 rings (SSSR count). The smallest absolute Gasteiger partial charge is 0.338 e. The molecular weight excluding hydrogens is 394 g/mol. The third kappa shape index (κ3) is 7.27. The molecule has 7 heteroatoms. The second-order valence-electron chi connectivity index (χ2n) is 7.42. The number of hydrogen-bond donors (Lipinski definition) is 2. The molecule has 0 bridgehead atoms. The van der Waals surface area contributed by atoms with E-state index in [0.29, 0.717) is 5.69 Å². The molecule has 162 valence electrons. The highest BCUT2D eigenvalue weighted by atomic mass is 16.5. The summed E-state index contributed by atoms with van der Waals surface area (Å²) >= 11 is 0. The molecule has 0 aliphatic heterocycles. The Bertz CT molecular complexity index is 944. The Hall–Kier alpha value is -3.66. The Morgan fingerprint density at radius 2 is 1.65 bits per heavy atom. The van der Waals surface area contributed by atoms with Gasteiger partial charge in [0, 0.05) is 5.69 Å². The van der Waals surface area contributed by atoms with Crippen molar-refractivity contribution in [3.63, 3.8) is 0 Å². The van der Waals surface area contributed by atoms with E-state index >= 15 is 0 Å². The van der Waals surface area contributed by atoms with Crippen molar-refractivity contribution in [1.82, 2.24) is 5.32 Å². The van der Waals surface area contributed by atoms with Crippen LogP contribution >= 0.6 is 0 Å². The van der Waals surface area contributed by atoms with Crippen LogP contribution in [-0.2, 0) is 20.7 Å². The number of rotatable bonds is 9. The van der Waals surface area contributed by atoms with E-state index in [4.69, 9.17) is 10.00 Å². The molecule has 7 nitrogen and oxygen atoms in total. The van der Waals surface area contributed by atoms with E-state index < -0.39 is 18.5 Å². The molecule has 0 radical (unpaired) electrons. The zero-order valence-electron chi connectivity index (χ0n) is 18.0. The standard InChI is InChI=1S/C24H27N3O4/c1-4-17-5-7-18(8-6-17)23(16(2)3)27-22(29)15-31-24(30)19-9-11-20(12-10-19)26-21(28)13-14-25/h5-12,16,23H,4,13,15H2,1-3H3,(H,26,28)(H,27,29)/t23-/m0/s1. The van der Waals surface area contributed by atoms with Crippen molar-refractivity contribution in [2.24, 2.45) is 5.92 Å². The van der Waals surface area contributed by atoms with Crippen molar-refractivity contribution in [1.29, 1.82) is 5.26 Å². The van der Waals surface area contributed by atoms with E-state index in [1.54, 1.807) is 6.07 Å². The summed E-state index contributed by atoms with van der Waals surface area (Å²) in [6, 6.07) is 15.7. The molecular formula is C24H27N3O4. The van der Waals surface area contributed by atoms with Gasteiger partial charge in [0.25, 0.3) is 5.91 Å². The summed E-state index contributed by atoms with van der Waals surface area (Å²) in [5.74, 6) is -1.29. The number of carbonyl (C=O) groups excluding carboxylic acids is 3. The van der Waals surface area contributed by atoms with Crippen LogP contribution in [-0.4, -0.2) is 24.4 Å². The zero-order chi connectivity index (χ0) is 22.8. The Balaban J connectivity index is 1.90. The number of carbonyl (C=O) groups is 3. The predicted octanol–water partition coefficient (Wildman–Crippen LogP) is 3.77. The van der Waals surface area contributed by atoms with Crippen LogP contribution in [0.1, 0.15) is 54.7 Å². The first kappa shape index (κ1) is 23.6. The molecule has 31 heavy (non-hydrogen) atoms. The van der Waals surface area contributed by atoms with Crippen LogP contribution in [0.15, 0.2) is 48.5 Å². The van der Waals surface area contributed by atoms with Crippen LogP contribution in [0.4, 0.5) is 5.69 Å². The van der Waals surface area contributed by atoms with E-state index in [1.807, 2.05) is 38.1 Å². The molecule has 0 aliphatic carbocycles. The van der Waals surface area contributed by atoms with Gasteiger partial charge in [0.15, 0.2) is 6.61 Å². The third-order valence-corrected chi connectivity index (χ3v) is 4.71. The van der Waals surface area contributed by atoms with Crippen molar-refractivity contribution >= 4 is 23.5 Å². The number of ether oxygens (including phenoxy) is 1. The second kappa shape index (κ2) is 11.5. The summed E-state index contributed by atoms with van der Waals surface area (Å²) in [5.41, 5.74) is 2.94. The van der Waals surface area contributed by atoms with Crippen molar-refractivity contribution in [2.45, 2.75) is 39.7 Å². The molecule has 0 saturated heterocycles. The Labute approximate surface area is 182 Å². The minimum Gasteiger partial charge on any atom is -0.452 e. The van der Waals surface area contributed by atoms with Crippen LogP contribution < -0.4 is 10.6 Å². The fraction of sp³-hybridized carbons (Fsp3) is 0.333. The maximum Gasteiger partial charge on any atom is 0.338 e. The van der Waals surface area contributed by atoms with Crippen molar-refractivity contribution in [3.8, 4) is 6.07 Å². The average Bonchev–Trinajstić information content (AvgIpc) is 2.76. The first-order valence-corrected chi connectivity index (χ1v) is 10.2. The molecule has 0 fully saturated rings. The summed E-state index contributed by atoms with van der Waals surface area (Å²) in [7, 11) is 0. The van der Waals surface area contributed by atoms with E-state index in [2.05, 4.69) is 17.6 Å². The molecule has 0 aromatic heterocycles. The first-order valence-electron chi connectivity index (χ1n) is 10.2. The lowest BCUT2D eigenvalue weighted by Gasteiger charge is -2.23. The number of nitrogens with zero attached hydrogens (tertiary/aromatic N) is 1. The molecule has 2 amide bonds. The maximum atomic E-state index is 12.4. The fourth-order valence-electron chi connectivity index (χ4n) is 2.99. The highest BCUT2D eigenvalue weighted by Gasteiger charge is 2.19. The van der Waals surface area contributed by atoms with E-state index in [0.717, 1.165) is 12.0 Å². The van der Waals surface area contributed by atoms with Gasteiger partial charge in [0.2, 0.25) is 5.91 Å². The molecule has 1 atom stereocenters. The fourth-order valence-corrected chi connectivity index (χ4v) is 2.99. The van der Waals surface area contributed by atoms with Gasteiger partial charge < -0.3 is 15.4 Å². The number of aryl methyl sites for hydroxylation is 1. The van der Waals surface area contributed by atoms with Crippen LogP contribution in [0.3, 0.4) is 0 Å². The van der Waals surface area contributed by atoms with Crippen LogP contribution in [0, 0.1) is 17.2 Å². The third-order valence-electron chi connectivity index (χ3n) is 4.71. The van der Waals surface area contributed by atoms with Crippen LogP contribution in [0.2, 0.25) is 0 Å². The Morgan fingerprint density at radius 3 is 2.19 bits per heavy atom. The lowest BCUT2D eigenvalue weighted by molar-refractivity contribution is -0.125. The molecule has 0 heterocycles. The SMILES string of the molecule is CCc1ccc([C@@H](NC(=O)COC(=O)c2ccc(NC(=O)CC#N)cc2)C(C)C)cc1. The highest BCUT2D eigenvalue weighted by molar-refractivity contribution is 5.94. The monoisotopic (exact) mass is 421 g/mol. The van der Waals surface area contributed by atoms with Gasteiger partial charge in [-0.05, 0) is 47.7 Å². The van der Waals surface area contributed by atoms with Gasteiger partial charge in [-0.3, -0.25) is 9.59 Å². The maximum absolute atomic E-state index is 12.4. The van der Waals surface area contributed by atoms with E-state index in [1.165, 1.54) is 29.8 Å². The van der Waals surface area contributed by atoms with Gasteiger partial charge in [0.05, 0.1) is 17.7 Å². The van der Waals surface area contributed by atoms with E-state index in [-0.39, 0.29) is 29.9 Å². The second-order valence-corrected chi connectivity index (χ2v) is 7.42. The first-order chi connectivity index (χ1) is 14.8. The van der Waals surface area contributed by atoms with Gasteiger partial charge >= 0.3 is 5.97 Å². The zero-order valence-corrected chi connectivity index (χ0v) is 18.0. The number of nitriles is 1. The van der Waals surface area contributed by atoms with Crippen molar-refractivity contribution in [3.05, 3.63) is 65.2 Å². The van der Waals surface area contributed by atoms with Gasteiger partial charge in [0.1, 0.15) is 6.42 Å². The van der Waals surface area contributed by atoms with Gasteiger partial charge in [-0.1, -0.05) is 45.0 Å². The minimum atomic E-state index is -0.640. The Morgan fingerprint density at radius 1 is 1.00 bits per heavy atom. The molecule has 2 aromatic rings. The normalized spacial score (nSPS) is 11.3. The van der Waals surface area contributed by atoms with Gasteiger partial charge in [-0.2, -0.15) is 5.26 Å².